The second kappa shape index (κ2) is 4.32. The Kier molecular flexibility index (Phi) is 3.51. The zero-order chi connectivity index (χ0) is 11.7. The highest BCUT2D eigenvalue weighted by Gasteiger charge is 2.23. The van der Waals surface area contributed by atoms with E-state index >= 15 is 0 Å². The summed E-state index contributed by atoms with van der Waals surface area (Å²) in [5.41, 5.74) is -1.77. The van der Waals surface area contributed by atoms with Crippen LogP contribution in [0, 0.1) is 30.2 Å². The molecule has 0 aliphatic heterocycles. The van der Waals surface area contributed by atoms with Crippen LogP contribution in [0.25, 0.3) is 0 Å². The van der Waals surface area contributed by atoms with E-state index in [1.165, 1.54) is 0 Å². The Labute approximate surface area is 93.0 Å². The van der Waals surface area contributed by atoms with Crippen LogP contribution in [0.3, 0.4) is 0 Å². The van der Waals surface area contributed by atoms with Crippen LogP contribution in [0.15, 0.2) is 0 Å². The van der Waals surface area contributed by atoms with E-state index in [9.17, 15) is 17.6 Å². The first-order valence-electron chi connectivity index (χ1n) is 3.65. The van der Waals surface area contributed by atoms with Crippen molar-refractivity contribution in [1.29, 1.82) is 0 Å². The molecule has 1 rings (SSSR count). The topological polar surface area (TPSA) is 12.0 Å². The van der Waals surface area contributed by atoms with Crippen LogP contribution in [-0.2, 0) is 0 Å². The van der Waals surface area contributed by atoms with E-state index in [-0.39, 0.29) is 0 Å². The number of thiocarbonyl (C=S) groups is 1. The van der Waals surface area contributed by atoms with Gasteiger partial charge in [-0.25, -0.2) is 17.6 Å². The van der Waals surface area contributed by atoms with Gasteiger partial charge >= 0.3 is 0 Å². The Balaban J connectivity index is 3.45. The van der Waals surface area contributed by atoms with Crippen molar-refractivity contribution in [2.75, 3.05) is 5.32 Å². The molecule has 1 aromatic carbocycles. The Morgan fingerprint density at radius 3 is 1.80 bits per heavy atom. The van der Waals surface area contributed by atoms with Crippen LogP contribution in [0.1, 0.15) is 5.56 Å². The van der Waals surface area contributed by atoms with E-state index in [2.05, 4.69) is 12.2 Å². The standard InChI is InChI=1S/C8H4ClF4NS/c1-2-3(10)5(12)7(14-8(9)15)6(13)4(2)11/h1H3,(H,14,15). The molecule has 0 spiro atoms. The molecule has 0 unspecified atom stereocenters. The van der Waals surface area contributed by atoms with Gasteiger partial charge in [-0.15, -0.1) is 0 Å². The fourth-order valence-electron chi connectivity index (χ4n) is 0.949. The van der Waals surface area contributed by atoms with Gasteiger partial charge in [0.2, 0.25) is 0 Å². The zero-order valence-electron chi connectivity index (χ0n) is 7.30. The smallest absolute Gasteiger partial charge is 0.185 e. The largest absolute Gasteiger partial charge is 0.332 e. The third-order valence-corrected chi connectivity index (χ3v) is 1.90. The molecule has 0 fully saturated rings. The molecule has 15 heavy (non-hydrogen) atoms. The number of nitrogens with one attached hydrogen (secondary N) is 1. The summed E-state index contributed by atoms with van der Waals surface area (Å²) in [6.07, 6.45) is 0. The van der Waals surface area contributed by atoms with E-state index < -0.39 is 39.0 Å². The molecule has 0 heterocycles. The van der Waals surface area contributed by atoms with Gasteiger partial charge in [-0.05, 0) is 19.1 Å². The fourth-order valence-corrected chi connectivity index (χ4v) is 1.15. The van der Waals surface area contributed by atoms with Crippen molar-refractivity contribution in [3.05, 3.63) is 28.8 Å². The molecule has 0 saturated carbocycles. The maximum atomic E-state index is 13.1. The molecular formula is C8H4ClF4NS. The van der Waals surface area contributed by atoms with Crippen molar-refractivity contribution >= 4 is 34.0 Å². The van der Waals surface area contributed by atoms with Crippen LogP contribution < -0.4 is 5.32 Å². The number of rotatable bonds is 1. The molecule has 1 nitrogen and oxygen atoms in total. The number of hydrogen-bond acceptors (Lipinski definition) is 1. The van der Waals surface area contributed by atoms with E-state index in [1.54, 1.807) is 0 Å². The quantitative estimate of drug-likeness (QED) is 0.272. The molecule has 0 saturated heterocycles. The first kappa shape index (κ1) is 12.2. The summed E-state index contributed by atoms with van der Waals surface area (Å²) in [7, 11) is 0. The van der Waals surface area contributed by atoms with Gasteiger partial charge in [0, 0.05) is 5.56 Å². The average molecular weight is 258 g/mol. The zero-order valence-corrected chi connectivity index (χ0v) is 8.87. The highest BCUT2D eigenvalue weighted by molar-refractivity contribution is 7.83. The maximum Gasteiger partial charge on any atom is 0.185 e. The molecule has 0 aromatic heterocycles. The predicted octanol–water partition coefficient (Wildman–Crippen LogP) is 3.49. The van der Waals surface area contributed by atoms with Gasteiger partial charge in [0.15, 0.2) is 27.7 Å². The van der Waals surface area contributed by atoms with Crippen LogP contribution in [0.4, 0.5) is 23.2 Å². The normalized spacial score (nSPS) is 10.3. The molecule has 0 aliphatic carbocycles. The number of halogens is 5. The summed E-state index contributed by atoms with van der Waals surface area (Å²) in [6, 6.07) is 0. The van der Waals surface area contributed by atoms with E-state index in [4.69, 9.17) is 11.6 Å². The van der Waals surface area contributed by atoms with Crippen LogP contribution in [0.2, 0.25) is 0 Å². The Hall–Kier alpha value is -0.880. The lowest BCUT2D eigenvalue weighted by Crippen LogP contribution is -2.10. The predicted molar refractivity (Wildman–Crippen MR) is 53.1 cm³/mol. The van der Waals surface area contributed by atoms with Crippen molar-refractivity contribution < 1.29 is 17.6 Å². The third-order valence-electron chi connectivity index (χ3n) is 1.71. The van der Waals surface area contributed by atoms with Gasteiger partial charge in [-0.3, -0.25) is 0 Å². The lowest BCUT2D eigenvalue weighted by molar-refractivity contribution is 0.450. The van der Waals surface area contributed by atoms with E-state index in [0.29, 0.717) is 0 Å². The number of anilines is 1. The first-order valence-corrected chi connectivity index (χ1v) is 4.44. The summed E-state index contributed by atoms with van der Waals surface area (Å²) >= 11 is 9.44. The Morgan fingerprint density at radius 1 is 1.07 bits per heavy atom. The average Bonchev–Trinajstić information content (AvgIpc) is 2.18. The molecule has 1 N–H and O–H groups in total. The minimum atomic E-state index is -1.56. The summed E-state index contributed by atoms with van der Waals surface area (Å²) in [4.78, 5) is 0. The summed E-state index contributed by atoms with van der Waals surface area (Å²) in [5.74, 6) is -6.09. The number of benzene rings is 1. The maximum absolute atomic E-state index is 13.1. The lowest BCUT2D eigenvalue weighted by atomic mass is 10.1. The van der Waals surface area contributed by atoms with Crippen LogP contribution >= 0.6 is 23.8 Å². The molecule has 1 aromatic rings. The van der Waals surface area contributed by atoms with Crippen molar-refractivity contribution in [1.82, 2.24) is 0 Å². The Bertz CT molecular complexity index is 406. The highest BCUT2D eigenvalue weighted by Crippen LogP contribution is 2.27. The van der Waals surface area contributed by atoms with Gasteiger partial charge < -0.3 is 5.32 Å². The summed E-state index contributed by atoms with van der Waals surface area (Å²) < 4.78 is 51.6. The highest BCUT2D eigenvalue weighted by atomic mass is 35.5. The van der Waals surface area contributed by atoms with Gasteiger partial charge in [0.1, 0.15) is 5.69 Å². The van der Waals surface area contributed by atoms with E-state index in [1.807, 2.05) is 5.32 Å². The molecule has 0 radical (unpaired) electrons. The third kappa shape index (κ3) is 2.21. The van der Waals surface area contributed by atoms with E-state index in [0.717, 1.165) is 6.92 Å². The molecule has 0 amide bonds. The summed E-state index contributed by atoms with van der Waals surface area (Å²) in [6.45, 7) is 0.916. The molecule has 82 valence electrons. The van der Waals surface area contributed by atoms with Crippen molar-refractivity contribution in [3.63, 3.8) is 0 Å². The summed E-state index contributed by atoms with van der Waals surface area (Å²) in [5, 5.41) is 1.82. The molecule has 7 heteroatoms. The molecule has 0 aliphatic rings. The van der Waals surface area contributed by atoms with Gasteiger partial charge in [0.05, 0.1) is 0 Å². The minimum Gasteiger partial charge on any atom is -0.332 e. The van der Waals surface area contributed by atoms with Crippen molar-refractivity contribution in [2.45, 2.75) is 6.92 Å². The lowest BCUT2D eigenvalue weighted by Gasteiger charge is -2.09. The van der Waals surface area contributed by atoms with Crippen molar-refractivity contribution in [3.8, 4) is 0 Å². The number of hydrogen-bond donors (Lipinski definition) is 1. The second-order valence-corrected chi connectivity index (χ2v) is 3.66. The van der Waals surface area contributed by atoms with Crippen LogP contribution in [0.5, 0.6) is 0 Å². The molecule has 0 atom stereocenters. The SMILES string of the molecule is Cc1c(F)c(F)c(NC(=S)Cl)c(F)c1F. The van der Waals surface area contributed by atoms with Crippen LogP contribution in [-0.4, -0.2) is 4.45 Å². The first-order chi connectivity index (χ1) is 6.86. The van der Waals surface area contributed by atoms with Gasteiger partial charge in [-0.1, -0.05) is 11.6 Å². The van der Waals surface area contributed by atoms with Gasteiger partial charge in [-0.2, -0.15) is 0 Å². The minimum absolute atomic E-state index is 0.518. The Morgan fingerprint density at radius 2 is 1.47 bits per heavy atom. The van der Waals surface area contributed by atoms with Crippen molar-refractivity contribution in [2.24, 2.45) is 0 Å². The molecule has 0 bridgehead atoms. The molecular weight excluding hydrogens is 254 g/mol. The second-order valence-electron chi connectivity index (χ2n) is 2.65. The monoisotopic (exact) mass is 257 g/mol. The fraction of sp³-hybridized carbons (Fsp3) is 0.125. The van der Waals surface area contributed by atoms with Gasteiger partial charge in [0.25, 0.3) is 0 Å².